The number of hydrogen-bond acceptors (Lipinski definition) is 4. The van der Waals surface area contributed by atoms with Crippen LogP contribution in [0.4, 0.5) is 13.2 Å². The Labute approximate surface area is 139 Å². The summed E-state index contributed by atoms with van der Waals surface area (Å²) < 4.78 is 38.2. The summed E-state index contributed by atoms with van der Waals surface area (Å²) in [7, 11) is 0. The van der Waals surface area contributed by atoms with E-state index in [-0.39, 0.29) is 22.8 Å². The first-order valence-corrected chi connectivity index (χ1v) is 7.70. The number of halogens is 3. The summed E-state index contributed by atoms with van der Waals surface area (Å²) in [6.07, 6.45) is -4.46. The minimum Gasteiger partial charge on any atom is -0.481 e. The maximum absolute atomic E-state index is 12.7. The number of nitrogens with zero attached hydrogens (tertiary/aromatic N) is 1. The molecule has 0 fully saturated rings. The molecule has 0 bridgehead atoms. The highest BCUT2D eigenvalue weighted by atomic mass is 32.1. The van der Waals surface area contributed by atoms with Gasteiger partial charge in [0, 0.05) is 17.5 Å². The molecule has 0 aliphatic carbocycles. The Bertz CT molecular complexity index is 758. The SMILES string of the molecule is CC(CNC(=O)c1csc(-c2cccc(C(F)(F)F)c2)n1)C(=O)O. The molecule has 1 heterocycles. The second kappa shape index (κ2) is 7.00. The van der Waals surface area contributed by atoms with Crippen molar-refractivity contribution >= 4 is 23.2 Å². The molecule has 0 saturated heterocycles. The lowest BCUT2D eigenvalue weighted by Crippen LogP contribution is -2.31. The van der Waals surface area contributed by atoms with Crippen LogP contribution in [0.1, 0.15) is 23.0 Å². The molecule has 0 radical (unpaired) electrons. The predicted octanol–water partition coefficient (Wildman–Crippen LogP) is 3.28. The van der Waals surface area contributed by atoms with Crippen LogP contribution >= 0.6 is 11.3 Å². The minimum absolute atomic E-state index is 0.0324. The third-order valence-corrected chi connectivity index (χ3v) is 4.06. The molecule has 2 N–H and O–H groups in total. The monoisotopic (exact) mass is 358 g/mol. The van der Waals surface area contributed by atoms with Gasteiger partial charge in [-0.3, -0.25) is 9.59 Å². The topological polar surface area (TPSA) is 79.3 Å². The zero-order valence-electron chi connectivity index (χ0n) is 12.4. The average Bonchev–Trinajstić information content (AvgIpc) is 3.01. The lowest BCUT2D eigenvalue weighted by molar-refractivity contribution is -0.141. The molecule has 128 valence electrons. The highest BCUT2D eigenvalue weighted by Crippen LogP contribution is 2.33. The molecule has 2 rings (SSSR count). The van der Waals surface area contributed by atoms with Crippen LogP contribution in [0.25, 0.3) is 10.6 Å². The molecule has 1 unspecified atom stereocenters. The minimum atomic E-state index is -4.46. The standard InChI is InChI=1S/C15H13F3N2O3S/c1-8(14(22)23)6-19-12(21)11-7-24-13(20-11)9-3-2-4-10(5-9)15(16,17)18/h2-5,7-8H,6H2,1H3,(H,19,21)(H,22,23). The van der Waals surface area contributed by atoms with Gasteiger partial charge in [0.2, 0.25) is 0 Å². The number of hydrogen-bond donors (Lipinski definition) is 2. The Hall–Kier alpha value is -2.42. The second-order valence-corrected chi connectivity index (χ2v) is 5.92. The summed E-state index contributed by atoms with van der Waals surface area (Å²) in [6, 6.07) is 4.67. The average molecular weight is 358 g/mol. The lowest BCUT2D eigenvalue weighted by Gasteiger charge is -2.07. The summed E-state index contributed by atoms with van der Waals surface area (Å²) in [5.74, 6) is -2.37. The van der Waals surface area contributed by atoms with Crippen molar-refractivity contribution in [1.29, 1.82) is 0 Å². The largest absolute Gasteiger partial charge is 0.481 e. The number of carboxylic acid groups (broad SMARTS) is 1. The summed E-state index contributed by atoms with van der Waals surface area (Å²) in [5, 5.41) is 12.9. The van der Waals surface area contributed by atoms with Crippen molar-refractivity contribution < 1.29 is 27.9 Å². The van der Waals surface area contributed by atoms with Crippen LogP contribution in [-0.4, -0.2) is 28.5 Å². The second-order valence-electron chi connectivity index (χ2n) is 5.07. The molecule has 1 atom stereocenters. The number of alkyl halides is 3. The van der Waals surface area contributed by atoms with Gasteiger partial charge in [0.25, 0.3) is 5.91 Å². The van der Waals surface area contributed by atoms with Crippen LogP contribution in [0.3, 0.4) is 0 Å². The number of aliphatic carboxylic acids is 1. The number of carbonyl (C=O) groups is 2. The third-order valence-electron chi connectivity index (χ3n) is 3.16. The molecule has 0 aliphatic rings. The van der Waals surface area contributed by atoms with Crippen LogP contribution in [0.5, 0.6) is 0 Å². The van der Waals surface area contributed by atoms with Crippen molar-refractivity contribution in [3.8, 4) is 10.6 Å². The molecule has 0 spiro atoms. The lowest BCUT2D eigenvalue weighted by atomic mass is 10.1. The van der Waals surface area contributed by atoms with E-state index in [1.807, 2.05) is 0 Å². The molecule has 1 amide bonds. The van der Waals surface area contributed by atoms with E-state index in [4.69, 9.17) is 5.11 Å². The van der Waals surface area contributed by atoms with Crippen molar-refractivity contribution in [1.82, 2.24) is 10.3 Å². The molecule has 24 heavy (non-hydrogen) atoms. The fourth-order valence-corrected chi connectivity index (χ4v) is 2.56. The van der Waals surface area contributed by atoms with E-state index in [9.17, 15) is 22.8 Å². The summed E-state index contributed by atoms with van der Waals surface area (Å²) in [6.45, 7) is 1.38. The maximum atomic E-state index is 12.7. The van der Waals surface area contributed by atoms with Gasteiger partial charge in [0.15, 0.2) is 0 Å². The van der Waals surface area contributed by atoms with Gasteiger partial charge in [0.05, 0.1) is 11.5 Å². The molecule has 1 aromatic carbocycles. The van der Waals surface area contributed by atoms with E-state index >= 15 is 0 Å². The Morgan fingerprint density at radius 1 is 1.38 bits per heavy atom. The molecular formula is C15H13F3N2O3S. The number of rotatable bonds is 5. The van der Waals surface area contributed by atoms with Crippen LogP contribution < -0.4 is 5.32 Å². The fourth-order valence-electron chi connectivity index (χ4n) is 1.76. The number of carboxylic acids is 1. The van der Waals surface area contributed by atoms with Crippen molar-refractivity contribution in [2.24, 2.45) is 5.92 Å². The number of carbonyl (C=O) groups excluding carboxylic acids is 1. The first-order chi connectivity index (χ1) is 11.2. The number of benzene rings is 1. The Morgan fingerprint density at radius 3 is 2.71 bits per heavy atom. The van der Waals surface area contributed by atoms with Crippen molar-refractivity contribution in [3.63, 3.8) is 0 Å². The number of amides is 1. The number of aromatic nitrogens is 1. The van der Waals surface area contributed by atoms with E-state index in [0.717, 1.165) is 23.5 Å². The quantitative estimate of drug-likeness (QED) is 0.860. The van der Waals surface area contributed by atoms with Gasteiger partial charge in [-0.15, -0.1) is 11.3 Å². The molecule has 9 heteroatoms. The molecule has 5 nitrogen and oxygen atoms in total. The van der Waals surface area contributed by atoms with Crippen molar-refractivity contribution in [2.45, 2.75) is 13.1 Å². The van der Waals surface area contributed by atoms with E-state index in [2.05, 4.69) is 10.3 Å². The van der Waals surface area contributed by atoms with E-state index in [1.165, 1.54) is 24.4 Å². The number of thiazole rings is 1. The van der Waals surface area contributed by atoms with Crippen molar-refractivity contribution in [2.75, 3.05) is 6.54 Å². The van der Waals surface area contributed by atoms with Crippen LogP contribution in [-0.2, 0) is 11.0 Å². The summed E-state index contributed by atoms with van der Waals surface area (Å²) >= 11 is 1.04. The smallest absolute Gasteiger partial charge is 0.416 e. The first kappa shape index (κ1) is 17.9. The Morgan fingerprint density at radius 2 is 2.08 bits per heavy atom. The van der Waals surface area contributed by atoms with Crippen LogP contribution in [0, 0.1) is 5.92 Å². The summed E-state index contributed by atoms with van der Waals surface area (Å²) in [5.41, 5.74) is -0.505. The maximum Gasteiger partial charge on any atom is 0.416 e. The third kappa shape index (κ3) is 4.31. The summed E-state index contributed by atoms with van der Waals surface area (Å²) in [4.78, 5) is 26.6. The van der Waals surface area contributed by atoms with E-state index in [1.54, 1.807) is 0 Å². The van der Waals surface area contributed by atoms with Gasteiger partial charge >= 0.3 is 12.1 Å². The highest BCUT2D eigenvalue weighted by molar-refractivity contribution is 7.13. The van der Waals surface area contributed by atoms with Gasteiger partial charge in [-0.25, -0.2) is 4.98 Å². The van der Waals surface area contributed by atoms with E-state index in [0.29, 0.717) is 0 Å². The molecule has 2 aromatic rings. The zero-order valence-corrected chi connectivity index (χ0v) is 13.2. The molecular weight excluding hydrogens is 345 g/mol. The van der Waals surface area contributed by atoms with Crippen molar-refractivity contribution in [3.05, 3.63) is 40.9 Å². The van der Waals surface area contributed by atoms with Gasteiger partial charge in [-0.05, 0) is 12.1 Å². The Balaban J connectivity index is 2.13. The predicted molar refractivity (Wildman–Crippen MR) is 81.7 cm³/mol. The molecule has 0 saturated carbocycles. The van der Waals surface area contributed by atoms with Gasteiger partial charge in [-0.2, -0.15) is 13.2 Å². The van der Waals surface area contributed by atoms with Crippen LogP contribution in [0.2, 0.25) is 0 Å². The van der Waals surface area contributed by atoms with Gasteiger partial charge in [0.1, 0.15) is 10.7 Å². The zero-order chi connectivity index (χ0) is 17.9. The highest BCUT2D eigenvalue weighted by Gasteiger charge is 2.30. The fraction of sp³-hybridized carbons (Fsp3) is 0.267. The molecule has 1 aromatic heterocycles. The number of nitrogens with one attached hydrogen (secondary N) is 1. The first-order valence-electron chi connectivity index (χ1n) is 6.82. The van der Waals surface area contributed by atoms with Gasteiger partial charge < -0.3 is 10.4 Å². The normalized spacial score (nSPS) is 12.7. The van der Waals surface area contributed by atoms with Gasteiger partial charge in [-0.1, -0.05) is 19.1 Å². The Kier molecular flexibility index (Phi) is 5.23. The van der Waals surface area contributed by atoms with Crippen LogP contribution in [0.15, 0.2) is 29.6 Å². The van der Waals surface area contributed by atoms with E-state index < -0.39 is 29.5 Å². The molecule has 0 aliphatic heterocycles.